The molecule has 0 bridgehead atoms. The SMILES string of the molecule is C=C[C@@H](CCCCCCCC(=O)OC)OC. The number of unbranched alkanes of at least 4 members (excludes halogenated alkanes) is 4. The molecule has 0 rings (SSSR count). The second-order valence-electron chi connectivity index (χ2n) is 3.89. The van der Waals surface area contributed by atoms with Crippen LogP contribution in [0.1, 0.15) is 44.9 Å². The lowest BCUT2D eigenvalue weighted by molar-refractivity contribution is -0.140. The first-order valence-corrected chi connectivity index (χ1v) is 5.96. The van der Waals surface area contributed by atoms with Crippen LogP contribution in [0.5, 0.6) is 0 Å². The Bertz CT molecular complexity index is 190. The van der Waals surface area contributed by atoms with E-state index in [1.807, 2.05) is 6.08 Å². The second-order valence-corrected chi connectivity index (χ2v) is 3.89. The van der Waals surface area contributed by atoms with Crippen LogP contribution < -0.4 is 0 Å². The highest BCUT2D eigenvalue weighted by Gasteiger charge is 2.02. The van der Waals surface area contributed by atoms with Gasteiger partial charge in [-0.05, 0) is 12.8 Å². The number of rotatable bonds is 10. The summed E-state index contributed by atoms with van der Waals surface area (Å²) in [5.74, 6) is -0.105. The van der Waals surface area contributed by atoms with Gasteiger partial charge in [-0.3, -0.25) is 4.79 Å². The third kappa shape index (κ3) is 8.48. The van der Waals surface area contributed by atoms with Gasteiger partial charge in [0.15, 0.2) is 0 Å². The zero-order valence-corrected chi connectivity index (χ0v) is 10.5. The molecule has 0 heterocycles. The molecule has 16 heavy (non-hydrogen) atoms. The van der Waals surface area contributed by atoms with Gasteiger partial charge in [0.05, 0.1) is 13.2 Å². The van der Waals surface area contributed by atoms with Crippen molar-refractivity contribution in [2.45, 2.75) is 51.0 Å². The Morgan fingerprint density at radius 2 is 1.81 bits per heavy atom. The molecular weight excluding hydrogens is 204 g/mol. The van der Waals surface area contributed by atoms with Crippen molar-refractivity contribution < 1.29 is 14.3 Å². The molecule has 1 atom stereocenters. The molecule has 0 aromatic heterocycles. The average molecular weight is 228 g/mol. The van der Waals surface area contributed by atoms with Gasteiger partial charge in [-0.1, -0.05) is 31.8 Å². The number of ether oxygens (including phenoxy) is 2. The first-order valence-electron chi connectivity index (χ1n) is 5.96. The van der Waals surface area contributed by atoms with Gasteiger partial charge in [0.25, 0.3) is 0 Å². The maximum Gasteiger partial charge on any atom is 0.305 e. The lowest BCUT2D eigenvalue weighted by Gasteiger charge is -2.09. The number of methoxy groups -OCH3 is 2. The fourth-order valence-electron chi connectivity index (χ4n) is 1.58. The topological polar surface area (TPSA) is 35.5 Å². The highest BCUT2D eigenvalue weighted by Crippen LogP contribution is 2.10. The van der Waals surface area contributed by atoms with E-state index in [1.54, 1.807) is 7.11 Å². The summed E-state index contributed by atoms with van der Waals surface area (Å²) in [7, 11) is 3.14. The predicted octanol–water partition coefficient (Wildman–Crippen LogP) is 3.09. The number of esters is 1. The Morgan fingerprint density at radius 1 is 1.19 bits per heavy atom. The van der Waals surface area contributed by atoms with Gasteiger partial charge in [-0.2, -0.15) is 0 Å². The van der Waals surface area contributed by atoms with Crippen LogP contribution in [0, 0.1) is 0 Å². The molecule has 0 aliphatic heterocycles. The summed E-state index contributed by atoms with van der Waals surface area (Å²) in [6, 6.07) is 0. The van der Waals surface area contributed by atoms with E-state index >= 15 is 0 Å². The Labute approximate surface area is 98.8 Å². The zero-order valence-electron chi connectivity index (χ0n) is 10.5. The van der Waals surface area contributed by atoms with Crippen molar-refractivity contribution >= 4 is 5.97 Å². The highest BCUT2D eigenvalue weighted by molar-refractivity contribution is 5.68. The van der Waals surface area contributed by atoms with E-state index in [4.69, 9.17) is 4.74 Å². The molecule has 3 heteroatoms. The Morgan fingerprint density at radius 3 is 2.38 bits per heavy atom. The van der Waals surface area contributed by atoms with Crippen LogP contribution in [0.3, 0.4) is 0 Å². The number of hydrogen-bond acceptors (Lipinski definition) is 3. The van der Waals surface area contributed by atoms with E-state index in [-0.39, 0.29) is 12.1 Å². The molecular formula is C13H24O3. The van der Waals surface area contributed by atoms with E-state index in [0.717, 1.165) is 25.7 Å². The second kappa shape index (κ2) is 10.7. The number of carbonyl (C=O) groups is 1. The fourth-order valence-corrected chi connectivity index (χ4v) is 1.58. The molecule has 94 valence electrons. The highest BCUT2D eigenvalue weighted by atomic mass is 16.5. The minimum absolute atomic E-state index is 0.105. The number of hydrogen-bond donors (Lipinski definition) is 0. The third-order valence-corrected chi connectivity index (χ3v) is 2.66. The smallest absolute Gasteiger partial charge is 0.305 e. The van der Waals surface area contributed by atoms with E-state index < -0.39 is 0 Å². The normalized spacial score (nSPS) is 12.1. The van der Waals surface area contributed by atoms with Gasteiger partial charge < -0.3 is 9.47 Å². The van der Waals surface area contributed by atoms with Gasteiger partial charge in [0.2, 0.25) is 0 Å². The largest absolute Gasteiger partial charge is 0.469 e. The fraction of sp³-hybridized carbons (Fsp3) is 0.769. The van der Waals surface area contributed by atoms with E-state index in [2.05, 4.69) is 11.3 Å². The van der Waals surface area contributed by atoms with Crippen molar-refractivity contribution in [3.8, 4) is 0 Å². The quantitative estimate of drug-likeness (QED) is 0.327. The standard InChI is InChI=1S/C13H24O3/c1-4-12(15-2)10-8-6-5-7-9-11-13(14)16-3/h4,12H,1,5-11H2,2-3H3/t12-/m0/s1. The van der Waals surface area contributed by atoms with Crippen LogP contribution in [0.4, 0.5) is 0 Å². The van der Waals surface area contributed by atoms with Crippen molar-refractivity contribution in [3.63, 3.8) is 0 Å². The zero-order chi connectivity index (χ0) is 12.2. The Hall–Kier alpha value is -0.830. The molecule has 0 amide bonds. The molecule has 0 aromatic carbocycles. The molecule has 0 fully saturated rings. The van der Waals surface area contributed by atoms with Crippen LogP contribution in [0.25, 0.3) is 0 Å². The summed E-state index contributed by atoms with van der Waals surface area (Å²) in [4.78, 5) is 10.8. The molecule has 0 saturated carbocycles. The Kier molecular flexibility index (Phi) is 10.1. The average Bonchev–Trinajstić information content (AvgIpc) is 2.32. The van der Waals surface area contributed by atoms with Crippen LogP contribution in [0.2, 0.25) is 0 Å². The summed E-state index contributed by atoms with van der Waals surface area (Å²) in [6.45, 7) is 3.71. The lowest BCUT2D eigenvalue weighted by Crippen LogP contribution is -2.05. The van der Waals surface area contributed by atoms with Gasteiger partial charge in [-0.15, -0.1) is 6.58 Å². The first-order chi connectivity index (χ1) is 7.74. The van der Waals surface area contributed by atoms with Crippen molar-refractivity contribution in [1.82, 2.24) is 0 Å². The summed E-state index contributed by atoms with van der Waals surface area (Å²) < 4.78 is 9.77. The molecule has 0 aliphatic rings. The number of carbonyl (C=O) groups excluding carboxylic acids is 1. The Balaban J connectivity index is 3.21. The van der Waals surface area contributed by atoms with Gasteiger partial charge >= 0.3 is 5.97 Å². The van der Waals surface area contributed by atoms with Gasteiger partial charge in [0, 0.05) is 13.5 Å². The summed E-state index contributed by atoms with van der Waals surface area (Å²) in [5, 5.41) is 0. The molecule has 0 unspecified atom stereocenters. The van der Waals surface area contributed by atoms with E-state index in [1.165, 1.54) is 20.0 Å². The molecule has 0 aliphatic carbocycles. The van der Waals surface area contributed by atoms with Crippen LogP contribution in [-0.4, -0.2) is 26.3 Å². The molecule has 0 saturated heterocycles. The lowest BCUT2D eigenvalue weighted by atomic mass is 10.1. The van der Waals surface area contributed by atoms with Crippen molar-refractivity contribution in [3.05, 3.63) is 12.7 Å². The minimum atomic E-state index is -0.105. The monoisotopic (exact) mass is 228 g/mol. The molecule has 0 aromatic rings. The van der Waals surface area contributed by atoms with Gasteiger partial charge in [0.1, 0.15) is 0 Å². The van der Waals surface area contributed by atoms with E-state index in [0.29, 0.717) is 6.42 Å². The maximum atomic E-state index is 10.8. The van der Waals surface area contributed by atoms with Crippen LogP contribution in [-0.2, 0) is 14.3 Å². The molecule has 0 radical (unpaired) electrons. The molecule has 3 nitrogen and oxygen atoms in total. The van der Waals surface area contributed by atoms with Gasteiger partial charge in [-0.25, -0.2) is 0 Å². The van der Waals surface area contributed by atoms with Crippen molar-refractivity contribution in [2.24, 2.45) is 0 Å². The van der Waals surface area contributed by atoms with Crippen molar-refractivity contribution in [1.29, 1.82) is 0 Å². The predicted molar refractivity (Wildman–Crippen MR) is 65.3 cm³/mol. The summed E-state index contributed by atoms with van der Waals surface area (Å²) >= 11 is 0. The van der Waals surface area contributed by atoms with Crippen LogP contribution in [0.15, 0.2) is 12.7 Å². The first kappa shape index (κ1) is 15.2. The van der Waals surface area contributed by atoms with Crippen LogP contribution >= 0.6 is 0 Å². The minimum Gasteiger partial charge on any atom is -0.469 e. The summed E-state index contributed by atoms with van der Waals surface area (Å²) in [5.41, 5.74) is 0. The van der Waals surface area contributed by atoms with E-state index in [9.17, 15) is 4.79 Å². The molecule has 0 N–H and O–H groups in total. The maximum absolute atomic E-state index is 10.8. The third-order valence-electron chi connectivity index (χ3n) is 2.66. The summed E-state index contributed by atoms with van der Waals surface area (Å²) in [6.07, 6.45) is 9.17. The molecule has 0 spiro atoms. The van der Waals surface area contributed by atoms with Crippen molar-refractivity contribution in [2.75, 3.05) is 14.2 Å².